The van der Waals surface area contributed by atoms with Gasteiger partial charge in [-0.15, -0.1) is 0 Å². The molecule has 2 amide bonds. The number of benzene rings is 3. The van der Waals surface area contributed by atoms with Crippen LogP contribution in [0.1, 0.15) is 16.7 Å². The first kappa shape index (κ1) is 20.9. The van der Waals surface area contributed by atoms with E-state index in [1.807, 2.05) is 106 Å². The van der Waals surface area contributed by atoms with Gasteiger partial charge in [-0.3, -0.25) is 9.59 Å². The van der Waals surface area contributed by atoms with Gasteiger partial charge in [0.15, 0.2) is 0 Å². The van der Waals surface area contributed by atoms with Gasteiger partial charge in [-0.05, 0) is 62.2 Å². The quantitative estimate of drug-likeness (QED) is 0.494. The normalized spacial score (nSPS) is 13.9. The predicted molar refractivity (Wildman–Crippen MR) is 127 cm³/mol. The van der Waals surface area contributed by atoms with Crippen LogP contribution in [-0.4, -0.2) is 18.9 Å². The minimum absolute atomic E-state index is 0.290. The number of hydrogen-bond donors (Lipinski definition) is 0. The first-order valence-electron chi connectivity index (χ1n) is 10.1. The molecule has 0 saturated heterocycles. The number of likely N-dealkylation sites (N-methyl/N-ethyl adjacent to an activating group) is 1. The molecule has 1 aliphatic rings. The Morgan fingerprint density at radius 2 is 1.42 bits per heavy atom. The topological polar surface area (TPSA) is 40.6 Å². The van der Waals surface area contributed by atoms with Gasteiger partial charge in [0.1, 0.15) is 10.6 Å². The summed E-state index contributed by atoms with van der Waals surface area (Å²) in [6, 6.07) is 23.4. The molecule has 0 unspecified atom stereocenters. The van der Waals surface area contributed by atoms with Crippen molar-refractivity contribution in [2.75, 3.05) is 16.8 Å². The molecule has 3 aromatic rings. The Labute approximate surface area is 187 Å². The number of hydrogen-bond acceptors (Lipinski definition) is 4. The summed E-state index contributed by atoms with van der Waals surface area (Å²) in [7, 11) is 1.83. The Kier molecular flexibility index (Phi) is 5.70. The number of carbonyl (C=O) groups excluding carboxylic acids is 2. The molecule has 0 fully saturated rings. The summed E-state index contributed by atoms with van der Waals surface area (Å²) in [4.78, 5) is 31.7. The van der Waals surface area contributed by atoms with E-state index < -0.39 is 0 Å². The number of nitrogens with zero attached hydrogens (tertiary/aromatic N) is 2. The Balaban J connectivity index is 1.82. The minimum atomic E-state index is -0.306. The first-order valence-corrected chi connectivity index (χ1v) is 10.9. The van der Waals surface area contributed by atoms with Crippen molar-refractivity contribution in [2.45, 2.75) is 25.7 Å². The van der Waals surface area contributed by atoms with E-state index in [9.17, 15) is 9.59 Å². The lowest BCUT2D eigenvalue weighted by Gasteiger charge is -2.22. The van der Waals surface area contributed by atoms with E-state index in [0.29, 0.717) is 16.3 Å². The molecule has 0 aromatic heterocycles. The second-order valence-electron chi connectivity index (χ2n) is 7.72. The first-order chi connectivity index (χ1) is 14.9. The molecule has 4 rings (SSSR count). The van der Waals surface area contributed by atoms with Crippen LogP contribution >= 0.6 is 11.8 Å². The Morgan fingerprint density at radius 3 is 2.10 bits per heavy atom. The van der Waals surface area contributed by atoms with Gasteiger partial charge in [0.05, 0.1) is 5.69 Å². The molecule has 5 heteroatoms. The molecule has 0 aliphatic carbocycles. The summed E-state index contributed by atoms with van der Waals surface area (Å²) < 4.78 is 0. The zero-order valence-corrected chi connectivity index (χ0v) is 18.9. The molecule has 3 aromatic carbocycles. The number of para-hydroxylation sites is 1. The van der Waals surface area contributed by atoms with Crippen LogP contribution in [0.2, 0.25) is 0 Å². The third kappa shape index (κ3) is 4.01. The highest BCUT2D eigenvalue weighted by molar-refractivity contribution is 8.04. The van der Waals surface area contributed by atoms with E-state index in [2.05, 4.69) is 0 Å². The number of amides is 2. The largest absolute Gasteiger partial charge is 0.339 e. The molecule has 0 saturated carbocycles. The smallest absolute Gasteiger partial charge is 0.283 e. The van der Waals surface area contributed by atoms with Crippen molar-refractivity contribution in [3.63, 3.8) is 0 Å². The van der Waals surface area contributed by atoms with Crippen molar-refractivity contribution in [3.05, 3.63) is 100 Å². The van der Waals surface area contributed by atoms with Crippen LogP contribution in [0.15, 0.2) is 88.3 Å². The van der Waals surface area contributed by atoms with E-state index in [4.69, 9.17) is 0 Å². The van der Waals surface area contributed by atoms with E-state index in [-0.39, 0.29) is 11.8 Å². The molecule has 0 radical (unpaired) electrons. The highest BCUT2D eigenvalue weighted by Gasteiger charge is 2.42. The predicted octanol–water partition coefficient (Wildman–Crippen LogP) is 5.63. The van der Waals surface area contributed by atoms with E-state index in [0.717, 1.165) is 27.3 Å². The highest BCUT2D eigenvalue weighted by atomic mass is 32.2. The van der Waals surface area contributed by atoms with E-state index >= 15 is 0 Å². The zero-order chi connectivity index (χ0) is 22.1. The fraction of sp³-hybridized carbons (Fsp3) is 0.154. The summed E-state index contributed by atoms with van der Waals surface area (Å²) >= 11 is 1.34. The third-order valence-electron chi connectivity index (χ3n) is 5.34. The van der Waals surface area contributed by atoms with Gasteiger partial charge in [-0.25, -0.2) is 4.90 Å². The third-order valence-corrected chi connectivity index (χ3v) is 6.42. The summed E-state index contributed by atoms with van der Waals surface area (Å²) in [6.07, 6.45) is 0. The molecule has 156 valence electrons. The number of carbonyl (C=O) groups is 2. The lowest BCUT2D eigenvalue weighted by atomic mass is 10.1. The Bertz CT molecular complexity index is 1180. The molecule has 0 spiro atoms. The lowest BCUT2D eigenvalue weighted by molar-refractivity contribution is -0.120. The minimum Gasteiger partial charge on any atom is -0.339 e. The molecule has 0 atom stereocenters. The average molecular weight is 429 g/mol. The van der Waals surface area contributed by atoms with E-state index in [1.165, 1.54) is 16.7 Å². The number of thioether (sulfide) groups is 1. The summed E-state index contributed by atoms with van der Waals surface area (Å²) in [5.74, 6) is -0.596. The number of rotatable bonds is 5. The molecule has 4 nitrogen and oxygen atoms in total. The van der Waals surface area contributed by atoms with Gasteiger partial charge in [0, 0.05) is 17.6 Å². The fourth-order valence-corrected chi connectivity index (χ4v) is 4.58. The maximum Gasteiger partial charge on any atom is 0.283 e. The van der Waals surface area contributed by atoms with Crippen molar-refractivity contribution in [2.24, 2.45) is 0 Å². The van der Waals surface area contributed by atoms with Crippen LogP contribution < -0.4 is 9.80 Å². The summed E-state index contributed by atoms with van der Waals surface area (Å²) in [5.41, 5.74) is 4.90. The fourth-order valence-electron chi connectivity index (χ4n) is 3.57. The molecule has 31 heavy (non-hydrogen) atoms. The molecular weight excluding hydrogens is 404 g/mol. The molecule has 0 N–H and O–H groups in total. The zero-order valence-electron chi connectivity index (χ0n) is 18.0. The number of aryl methyl sites for hydroxylation is 3. The van der Waals surface area contributed by atoms with Crippen LogP contribution in [0.4, 0.5) is 11.4 Å². The molecule has 0 bridgehead atoms. The van der Waals surface area contributed by atoms with Crippen molar-refractivity contribution in [1.82, 2.24) is 0 Å². The van der Waals surface area contributed by atoms with Crippen molar-refractivity contribution in [3.8, 4) is 0 Å². The Hall–Kier alpha value is -3.31. The average Bonchev–Trinajstić information content (AvgIpc) is 3.01. The van der Waals surface area contributed by atoms with Crippen LogP contribution in [-0.2, 0) is 9.59 Å². The maximum atomic E-state index is 13.6. The maximum absolute atomic E-state index is 13.6. The van der Waals surface area contributed by atoms with Crippen LogP contribution in [0.3, 0.4) is 0 Å². The second-order valence-corrected chi connectivity index (χ2v) is 8.81. The molecule has 1 heterocycles. The van der Waals surface area contributed by atoms with Crippen LogP contribution in [0.5, 0.6) is 0 Å². The van der Waals surface area contributed by atoms with Gasteiger partial charge in [-0.1, -0.05) is 59.8 Å². The van der Waals surface area contributed by atoms with Gasteiger partial charge in [-0.2, -0.15) is 0 Å². The van der Waals surface area contributed by atoms with Crippen molar-refractivity contribution < 1.29 is 9.59 Å². The number of anilines is 2. The molecular formula is C26H24N2O2S. The highest BCUT2D eigenvalue weighted by Crippen LogP contribution is 2.40. The van der Waals surface area contributed by atoms with E-state index in [1.54, 1.807) is 0 Å². The van der Waals surface area contributed by atoms with Crippen molar-refractivity contribution in [1.29, 1.82) is 0 Å². The van der Waals surface area contributed by atoms with Gasteiger partial charge < -0.3 is 4.90 Å². The lowest BCUT2D eigenvalue weighted by Crippen LogP contribution is -2.34. The van der Waals surface area contributed by atoms with Gasteiger partial charge >= 0.3 is 0 Å². The molecule has 1 aliphatic heterocycles. The van der Waals surface area contributed by atoms with Crippen LogP contribution in [0, 0.1) is 20.8 Å². The standard InChI is InChI=1S/C26H24N2O2S/c1-17-11-14-21(15-12-17)31-24-23(27(4)20-8-6-5-7-9-20)25(29)28(26(24)30)22-16-18(2)10-13-19(22)3/h5-16H,1-4H3. The number of imide groups is 1. The second kappa shape index (κ2) is 8.44. The Morgan fingerprint density at radius 1 is 0.774 bits per heavy atom. The van der Waals surface area contributed by atoms with Gasteiger partial charge in [0.25, 0.3) is 11.8 Å². The SMILES string of the molecule is Cc1ccc(SC2=C(N(C)c3ccccc3)C(=O)N(c3cc(C)ccc3C)C2=O)cc1. The van der Waals surface area contributed by atoms with Gasteiger partial charge in [0.2, 0.25) is 0 Å². The van der Waals surface area contributed by atoms with Crippen molar-refractivity contribution >= 4 is 35.0 Å². The van der Waals surface area contributed by atoms with Crippen LogP contribution in [0.25, 0.3) is 0 Å². The monoisotopic (exact) mass is 428 g/mol. The summed E-state index contributed by atoms with van der Waals surface area (Å²) in [6.45, 7) is 5.90. The summed E-state index contributed by atoms with van der Waals surface area (Å²) in [5, 5.41) is 0.